The third-order valence-electron chi connectivity index (χ3n) is 6.04. The van der Waals surface area contributed by atoms with Crippen LogP contribution in [0.5, 0.6) is 11.5 Å². The number of benzene rings is 2. The summed E-state index contributed by atoms with van der Waals surface area (Å²) in [6.45, 7) is 2.18. The fourth-order valence-electron chi connectivity index (χ4n) is 4.34. The number of hydrogen-bond acceptors (Lipinski definition) is 2. The van der Waals surface area contributed by atoms with Gasteiger partial charge in [-0.25, -0.2) is 13.2 Å². The summed E-state index contributed by atoms with van der Waals surface area (Å²) in [6, 6.07) is 7.61. The van der Waals surface area contributed by atoms with E-state index in [1.54, 1.807) is 12.1 Å². The highest BCUT2D eigenvalue weighted by atomic mass is 19.3. The van der Waals surface area contributed by atoms with E-state index in [1.807, 2.05) is 0 Å². The van der Waals surface area contributed by atoms with Crippen molar-refractivity contribution in [1.29, 1.82) is 0 Å². The molecule has 0 bridgehead atoms. The van der Waals surface area contributed by atoms with E-state index in [0.29, 0.717) is 5.92 Å². The van der Waals surface area contributed by atoms with Crippen LogP contribution in [0.15, 0.2) is 36.4 Å². The summed E-state index contributed by atoms with van der Waals surface area (Å²) in [5.74, 6) is -1.73. The molecule has 2 aromatic carbocycles. The summed E-state index contributed by atoms with van der Waals surface area (Å²) in [5.41, 5.74) is -0.745. The maximum absolute atomic E-state index is 14.7. The largest absolute Gasteiger partial charge is 0.494 e. The molecule has 31 heavy (non-hydrogen) atoms. The Morgan fingerprint density at radius 3 is 2.13 bits per heavy atom. The van der Waals surface area contributed by atoms with Crippen molar-refractivity contribution < 1.29 is 31.4 Å². The van der Waals surface area contributed by atoms with Gasteiger partial charge in [0, 0.05) is 0 Å². The minimum atomic E-state index is -3.90. The zero-order valence-corrected chi connectivity index (χ0v) is 17.6. The van der Waals surface area contributed by atoms with Crippen molar-refractivity contribution in [3.05, 3.63) is 58.9 Å². The van der Waals surface area contributed by atoms with E-state index in [2.05, 4.69) is 16.4 Å². The van der Waals surface area contributed by atoms with Crippen molar-refractivity contribution in [2.75, 3.05) is 7.11 Å². The van der Waals surface area contributed by atoms with Crippen LogP contribution in [0.2, 0.25) is 0 Å². The summed E-state index contributed by atoms with van der Waals surface area (Å²) in [5, 5.41) is 0. The first-order chi connectivity index (χ1) is 14.8. The molecule has 0 heterocycles. The lowest BCUT2D eigenvalue weighted by molar-refractivity contribution is -0.186. The molecule has 2 nitrogen and oxygen atoms in total. The predicted octanol–water partition coefficient (Wildman–Crippen LogP) is 7.97. The van der Waals surface area contributed by atoms with Crippen LogP contribution in [0.4, 0.5) is 22.0 Å². The van der Waals surface area contributed by atoms with Crippen LogP contribution in [0.3, 0.4) is 0 Å². The van der Waals surface area contributed by atoms with Gasteiger partial charge in [0.1, 0.15) is 5.75 Å². The molecule has 1 aliphatic carbocycles. The average Bonchev–Trinajstić information content (AvgIpc) is 2.74. The third kappa shape index (κ3) is 5.31. The van der Waals surface area contributed by atoms with Crippen molar-refractivity contribution in [2.45, 2.75) is 63.9 Å². The van der Waals surface area contributed by atoms with Gasteiger partial charge in [0.2, 0.25) is 0 Å². The molecule has 0 unspecified atom stereocenters. The summed E-state index contributed by atoms with van der Waals surface area (Å²) in [7, 11) is 1.10. The van der Waals surface area contributed by atoms with Crippen LogP contribution < -0.4 is 9.47 Å². The second kappa shape index (κ2) is 9.88. The molecule has 0 saturated heterocycles. The topological polar surface area (TPSA) is 18.5 Å². The third-order valence-corrected chi connectivity index (χ3v) is 6.04. The SMILES string of the molecule is CCCC1CCC(c2ccc(C(F)(F)Oc3ccc(OC)c(F)c3C(F)F)cc2)CC1. The number of halogens is 5. The highest BCUT2D eigenvalue weighted by Crippen LogP contribution is 2.42. The summed E-state index contributed by atoms with van der Waals surface area (Å²) in [4.78, 5) is 0. The Hall–Kier alpha value is -2.31. The Labute approximate surface area is 179 Å². The molecule has 0 amide bonds. The molecule has 1 fully saturated rings. The molecule has 0 N–H and O–H groups in total. The van der Waals surface area contributed by atoms with E-state index >= 15 is 0 Å². The van der Waals surface area contributed by atoms with Crippen molar-refractivity contribution in [2.24, 2.45) is 5.92 Å². The van der Waals surface area contributed by atoms with Gasteiger partial charge in [-0.1, -0.05) is 31.9 Å². The monoisotopic (exact) mass is 442 g/mol. The van der Waals surface area contributed by atoms with E-state index in [4.69, 9.17) is 0 Å². The zero-order valence-electron chi connectivity index (χ0n) is 17.6. The van der Waals surface area contributed by atoms with Gasteiger partial charge in [0.05, 0.1) is 18.2 Å². The van der Waals surface area contributed by atoms with Crippen LogP contribution in [0.1, 0.15) is 74.5 Å². The Balaban J connectivity index is 1.75. The molecule has 0 aliphatic heterocycles. The van der Waals surface area contributed by atoms with Crippen molar-refractivity contribution in [3.63, 3.8) is 0 Å². The molecular formula is C24H27F5O2. The Kier molecular flexibility index (Phi) is 7.44. The smallest absolute Gasteiger partial charge is 0.426 e. The molecule has 0 spiro atoms. The minimum absolute atomic E-state index is 0.331. The number of ether oxygens (including phenoxy) is 2. The van der Waals surface area contributed by atoms with E-state index in [-0.39, 0.29) is 0 Å². The van der Waals surface area contributed by atoms with Crippen LogP contribution in [0, 0.1) is 11.7 Å². The van der Waals surface area contributed by atoms with Crippen molar-refractivity contribution in [1.82, 2.24) is 0 Å². The summed E-state index contributed by atoms with van der Waals surface area (Å²) < 4.78 is 79.4. The molecule has 0 radical (unpaired) electrons. The highest BCUT2D eigenvalue weighted by Gasteiger charge is 2.37. The first-order valence-electron chi connectivity index (χ1n) is 10.6. The molecule has 7 heteroatoms. The molecule has 1 saturated carbocycles. The van der Waals surface area contributed by atoms with Gasteiger partial charge in [-0.05, 0) is 67.3 Å². The lowest BCUT2D eigenvalue weighted by atomic mass is 9.77. The average molecular weight is 442 g/mol. The standard InChI is InChI=1S/C24H27F5O2/c1-3-4-15-5-7-16(8-6-15)17-9-11-18(12-10-17)24(28,29)31-19-13-14-20(30-2)22(25)21(19)23(26)27/h9-16,23H,3-8H2,1-2H3. The van der Waals surface area contributed by atoms with E-state index in [0.717, 1.165) is 56.4 Å². The Morgan fingerprint density at radius 2 is 1.58 bits per heavy atom. The second-order valence-electron chi connectivity index (χ2n) is 8.04. The number of methoxy groups -OCH3 is 1. The van der Waals surface area contributed by atoms with E-state index < -0.39 is 41.0 Å². The lowest BCUT2D eigenvalue weighted by Gasteiger charge is -2.29. The normalized spacial score (nSPS) is 19.5. The number of alkyl halides is 4. The first-order valence-corrected chi connectivity index (χ1v) is 10.6. The number of hydrogen-bond donors (Lipinski definition) is 0. The van der Waals surface area contributed by atoms with Crippen molar-refractivity contribution in [3.8, 4) is 11.5 Å². The molecule has 2 aromatic rings. The summed E-state index contributed by atoms with van der Waals surface area (Å²) in [6.07, 6.45) is -0.516. The van der Waals surface area contributed by atoms with Crippen LogP contribution in [-0.2, 0) is 6.11 Å². The van der Waals surface area contributed by atoms with Gasteiger partial charge in [-0.3, -0.25) is 0 Å². The maximum Gasteiger partial charge on any atom is 0.426 e. The summed E-state index contributed by atoms with van der Waals surface area (Å²) >= 11 is 0. The molecular weight excluding hydrogens is 415 g/mol. The quantitative estimate of drug-likeness (QED) is 0.386. The molecule has 0 atom stereocenters. The van der Waals surface area contributed by atoms with Gasteiger partial charge in [0.15, 0.2) is 11.6 Å². The fraction of sp³-hybridized carbons (Fsp3) is 0.500. The van der Waals surface area contributed by atoms with Crippen LogP contribution in [0.25, 0.3) is 0 Å². The predicted molar refractivity (Wildman–Crippen MR) is 108 cm³/mol. The fourth-order valence-corrected chi connectivity index (χ4v) is 4.34. The molecule has 1 aliphatic rings. The van der Waals surface area contributed by atoms with Gasteiger partial charge in [0.25, 0.3) is 6.43 Å². The van der Waals surface area contributed by atoms with Crippen LogP contribution in [-0.4, -0.2) is 7.11 Å². The highest BCUT2D eigenvalue weighted by molar-refractivity contribution is 5.43. The number of rotatable bonds is 8. The van der Waals surface area contributed by atoms with Gasteiger partial charge in [-0.2, -0.15) is 8.78 Å². The Bertz CT molecular complexity index is 859. The van der Waals surface area contributed by atoms with Gasteiger partial charge >= 0.3 is 6.11 Å². The van der Waals surface area contributed by atoms with Gasteiger partial charge in [-0.15, -0.1) is 0 Å². The molecule has 170 valence electrons. The first kappa shape index (κ1) is 23.4. The maximum atomic E-state index is 14.7. The minimum Gasteiger partial charge on any atom is -0.494 e. The van der Waals surface area contributed by atoms with Crippen molar-refractivity contribution >= 4 is 0 Å². The van der Waals surface area contributed by atoms with E-state index in [9.17, 15) is 22.0 Å². The van der Waals surface area contributed by atoms with Gasteiger partial charge < -0.3 is 9.47 Å². The second-order valence-corrected chi connectivity index (χ2v) is 8.04. The lowest BCUT2D eigenvalue weighted by Crippen LogP contribution is -2.23. The zero-order chi connectivity index (χ0) is 22.6. The Morgan fingerprint density at radius 1 is 0.968 bits per heavy atom. The molecule has 3 rings (SSSR count). The molecule has 0 aromatic heterocycles. The van der Waals surface area contributed by atoms with E-state index in [1.165, 1.54) is 25.0 Å². The van der Waals surface area contributed by atoms with Crippen LogP contribution >= 0.6 is 0 Å².